The van der Waals surface area contributed by atoms with Gasteiger partial charge < -0.3 is 18.2 Å². The van der Waals surface area contributed by atoms with Crippen LogP contribution >= 0.6 is 0 Å². The van der Waals surface area contributed by atoms with E-state index < -0.39 is 18.1 Å². The van der Waals surface area contributed by atoms with E-state index in [1.165, 1.54) is 11.1 Å². The Morgan fingerprint density at radius 3 is 1.00 bits per heavy atom. The summed E-state index contributed by atoms with van der Waals surface area (Å²) >= 11 is 6.49. The molecule has 0 unspecified atom stereocenters. The van der Waals surface area contributed by atoms with Crippen LogP contribution in [0.3, 0.4) is 0 Å². The summed E-state index contributed by atoms with van der Waals surface area (Å²) in [4.78, 5) is 0. The quantitative estimate of drug-likeness (QED) is 0.664. The summed E-state index contributed by atoms with van der Waals surface area (Å²) in [6, 6.07) is 8.48. The SMILES string of the molecule is Cc1ccc(C)cc1.O=S([O-])([O-])=S.O=S([O-])([O-])=S. The van der Waals surface area contributed by atoms with Gasteiger partial charge >= 0.3 is 0 Å². The lowest BCUT2D eigenvalue weighted by molar-refractivity contribution is 0.414. The molecular weight excluding hydrogens is 320 g/mol. The third-order valence-corrected chi connectivity index (χ3v) is 1.22. The molecule has 0 aliphatic rings. The Kier molecular flexibility index (Phi) is 9.87. The summed E-state index contributed by atoms with van der Waals surface area (Å²) < 4.78 is 53.3. The van der Waals surface area contributed by atoms with Crippen LogP contribution in [0.15, 0.2) is 24.3 Å². The molecule has 106 valence electrons. The summed E-state index contributed by atoms with van der Waals surface area (Å²) in [5.41, 5.74) is 2.66. The first-order valence-corrected chi connectivity index (χ1v) is 8.82. The summed E-state index contributed by atoms with van der Waals surface area (Å²) in [5.74, 6) is 0. The van der Waals surface area contributed by atoms with Gasteiger partial charge in [0.2, 0.25) is 0 Å². The first kappa shape index (κ1) is 20.1. The highest BCUT2D eigenvalue weighted by Gasteiger charge is 1.79. The molecule has 0 saturated carbocycles. The van der Waals surface area contributed by atoms with Gasteiger partial charge in [0.05, 0.1) is 0 Å². The molecule has 0 bridgehead atoms. The van der Waals surface area contributed by atoms with E-state index in [1.54, 1.807) is 0 Å². The molecule has 0 saturated heterocycles. The molecule has 0 fully saturated rings. The van der Waals surface area contributed by atoms with Gasteiger partial charge in [-0.05, 0) is 36.2 Å². The van der Waals surface area contributed by atoms with Crippen LogP contribution in [0.2, 0.25) is 0 Å². The van der Waals surface area contributed by atoms with Crippen LogP contribution in [0.25, 0.3) is 0 Å². The van der Waals surface area contributed by atoms with Crippen LogP contribution in [0.1, 0.15) is 11.1 Å². The molecule has 0 N–H and O–H groups in total. The van der Waals surface area contributed by atoms with E-state index in [0.717, 1.165) is 0 Å². The molecule has 18 heavy (non-hydrogen) atoms. The smallest absolute Gasteiger partial charge is 0.0398 e. The van der Waals surface area contributed by atoms with Gasteiger partial charge in [0.1, 0.15) is 0 Å². The second kappa shape index (κ2) is 8.82. The lowest BCUT2D eigenvalue weighted by atomic mass is 10.2. The van der Waals surface area contributed by atoms with Gasteiger partial charge in [0.15, 0.2) is 0 Å². The topological polar surface area (TPSA) is 126 Å². The van der Waals surface area contributed by atoms with E-state index in [0.29, 0.717) is 0 Å². The lowest BCUT2D eigenvalue weighted by Gasteiger charge is -2.12. The van der Waals surface area contributed by atoms with Crippen LogP contribution < -0.4 is 0 Å². The first-order chi connectivity index (χ1) is 7.79. The summed E-state index contributed by atoms with van der Waals surface area (Å²) in [5, 5.41) is 0. The molecule has 0 spiro atoms. The molecule has 1 aromatic carbocycles. The Hall–Kier alpha value is -0.200. The Morgan fingerprint density at radius 1 is 0.778 bits per heavy atom. The first-order valence-electron chi connectivity index (χ1n) is 4.15. The third-order valence-electron chi connectivity index (χ3n) is 1.22. The van der Waals surface area contributed by atoms with Gasteiger partial charge in [-0.2, -0.15) is 0 Å². The molecular formula is C8H10O6S4-4. The van der Waals surface area contributed by atoms with E-state index in [2.05, 4.69) is 60.5 Å². The van der Waals surface area contributed by atoms with E-state index in [4.69, 9.17) is 26.6 Å². The number of rotatable bonds is 0. The van der Waals surface area contributed by atoms with Crippen molar-refractivity contribution >= 4 is 40.5 Å². The minimum atomic E-state index is -4.33. The Bertz CT molecular complexity index is 464. The van der Waals surface area contributed by atoms with Crippen LogP contribution in [-0.2, 0) is 40.5 Å². The van der Waals surface area contributed by atoms with Gasteiger partial charge in [0.25, 0.3) is 0 Å². The molecule has 1 aromatic rings. The van der Waals surface area contributed by atoms with Crippen LogP contribution in [0.4, 0.5) is 0 Å². The van der Waals surface area contributed by atoms with Crippen molar-refractivity contribution in [3.05, 3.63) is 35.4 Å². The fourth-order valence-electron chi connectivity index (χ4n) is 0.637. The summed E-state index contributed by atoms with van der Waals surface area (Å²) in [6.07, 6.45) is 0. The van der Waals surface area contributed by atoms with Crippen molar-refractivity contribution < 1.29 is 26.6 Å². The standard InChI is InChI=1S/C8H10.2H2O3S2/c1-7-3-5-8(2)6-4-7;2*1-5(2,3)4/h3-6H,1-2H3;2*(H2,1,2,3,4)/p-4. The minimum absolute atomic E-state index is 1.33. The third kappa shape index (κ3) is 36.0. The lowest BCUT2D eigenvalue weighted by Crippen LogP contribution is -1.88. The van der Waals surface area contributed by atoms with Gasteiger partial charge in [0, 0.05) is 0 Å². The highest BCUT2D eigenvalue weighted by atomic mass is 32.9. The zero-order valence-corrected chi connectivity index (χ0v) is 12.7. The van der Waals surface area contributed by atoms with Crippen molar-refractivity contribution in [1.82, 2.24) is 0 Å². The highest BCUT2D eigenvalue weighted by molar-refractivity contribution is 8.26. The Labute approximate surface area is 116 Å². The van der Waals surface area contributed by atoms with Crippen molar-refractivity contribution in [1.29, 1.82) is 0 Å². The monoisotopic (exact) mass is 330 g/mol. The fraction of sp³-hybridized carbons (Fsp3) is 0.250. The van der Waals surface area contributed by atoms with Gasteiger partial charge in [-0.25, -0.2) is 0 Å². The maximum Gasteiger partial charge on any atom is -0.0398 e. The molecule has 0 atom stereocenters. The molecule has 0 amide bonds. The van der Waals surface area contributed by atoms with E-state index in [-0.39, 0.29) is 0 Å². The zero-order valence-electron chi connectivity index (χ0n) is 9.39. The van der Waals surface area contributed by atoms with Gasteiger partial charge in [-0.1, -0.05) is 35.4 Å². The minimum Gasteiger partial charge on any atom is -0.780 e. The average Bonchev–Trinajstić information content (AvgIpc) is 2.04. The molecule has 0 aliphatic heterocycles. The Morgan fingerprint density at radius 2 is 0.889 bits per heavy atom. The van der Waals surface area contributed by atoms with Crippen LogP contribution in [0.5, 0.6) is 0 Å². The normalized spacial score (nSPS) is 10.6. The maximum atomic E-state index is 8.89. The predicted molar refractivity (Wildman–Crippen MR) is 70.0 cm³/mol. The molecule has 0 heterocycles. The van der Waals surface area contributed by atoms with Crippen molar-refractivity contribution in [3.8, 4) is 0 Å². The zero-order chi connectivity index (χ0) is 15.0. The van der Waals surface area contributed by atoms with Crippen LogP contribution in [0, 0.1) is 13.8 Å². The largest absolute Gasteiger partial charge is 0.780 e. The van der Waals surface area contributed by atoms with Crippen molar-refractivity contribution in [2.24, 2.45) is 0 Å². The Balaban J connectivity index is 0. The number of hydrogen-bond donors (Lipinski definition) is 0. The molecule has 0 aromatic heterocycles. The number of hydrogen-bond acceptors (Lipinski definition) is 8. The molecule has 0 aliphatic carbocycles. The molecule has 0 radical (unpaired) electrons. The fourth-order valence-corrected chi connectivity index (χ4v) is 0.637. The maximum absolute atomic E-state index is 8.89. The van der Waals surface area contributed by atoms with Crippen molar-refractivity contribution in [3.63, 3.8) is 0 Å². The second-order valence-corrected chi connectivity index (χ2v) is 7.05. The second-order valence-electron chi connectivity index (χ2n) is 2.97. The molecule has 6 nitrogen and oxygen atoms in total. The number of benzene rings is 1. The summed E-state index contributed by atoms with van der Waals surface area (Å²) in [7, 11) is -8.67. The average molecular weight is 330 g/mol. The summed E-state index contributed by atoms with van der Waals surface area (Å²) in [6.45, 7) is 4.19. The highest BCUT2D eigenvalue weighted by Crippen LogP contribution is 1.99. The predicted octanol–water partition coefficient (Wildman–Crippen LogP) is 0.290. The van der Waals surface area contributed by atoms with Crippen molar-refractivity contribution in [2.45, 2.75) is 13.8 Å². The van der Waals surface area contributed by atoms with Crippen molar-refractivity contribution in [2.75, 3.05) is 0 Å². The number of aryl methyl sites for hydroxylation is 2. The molecule has 1 rings (SSSR count). The van der Waals surface area contributed by atoms with E-state index in [9.17, 15) is 0 Å². The van der Waals surface area contributed by atoms with Crippen LogP contribution in [-0.4, -0.2) is 26.6 Å². The van der Waals surface area contributed by atoms with Gasteiger partial charge in [-0.15, -0.1) is 18.1 Å². The molecule has 10 heteroatoms. The van der Waals surface area contributed by atoms with Gasteiger partial charge in [-0.3, -0.25) is 8.42 Å². The van der Waals surface area contributed by atoms with E-state index in [1.807, 2.05) is 0 Å². The van der Waals surface area contributed by atoms with E-state index >= 15 is 0 Å².